The van der Waals surface area contributed by atoms with Crippen molar-refractivity contribution in [3.8, 4) is 0 Å². The Labute approximate surface area is 127 Å². The second-order valence-corrected chi connectivity index (χ2v) is 5.91. The summed E-state index contributed by atoms with van der Waals surface area (Å²) >= 11 is 0. The number of aliphatic carboxylic acids is 1. The summed E-state index contributed by atoms with van der Waals surface area (Å²) in [4.78, 5) is 23.4. The van der Waals surface area contributed by atoms with Gasteiger partial charge in [-0.3, -0.25) is 9.59 Å². The van der Waals surface area contributed by atoms with E-state index in [9.17, 15) is 9.59 Å². The monoisotopic (exact) mass is 302 g/mol. The number of nitrogens with one attached hydrogen (secondary N) is 1. The van der Waals surface area contributed by atoms with E-state index in [4.69, 9.17) is 9.63 Å². The van der Waals surface area contributed by atoms with E-state index in [-0.39, 0.29) is 18.7 Å². The Kier molecular flexibility index (Phi) is 3.83. The van der Waals surface area contributed by atoms with Crippen LogP contribution in [0.5, 0.6) is 0 Å². The molecule has 1 heterocycles. The number of hydrogen-bond donors (Lipinski definition) is 2. The molecule has 1 aliphatic carbocycles. The summed E-state index contributed by atoms with van der Waals surface area (Å²) in [6.07, 6.45) is 3.38. The normalized spacial score (nSPS) is 16.7. The highest BCUT2D eigenvalue weighted by Crippen LogP contribution is 2.32. The summed E-state index contributed by atoms with van der Waals surface area (Å²) in [5.74, 6) is -1.09. The van der Waals surface area contributed by atoms with Gasteiger partial charge in [0.05, 0.1) is 18.4 Å². The van der Waals surface area contributed by atoms with Crippen molar-refractivity contribution in [1.29, 1.82) is 0 Å². The van der Waals surface area contributed by atoms with Crippen LogP contribution in [0.4, 0.5) is 0 Å². The molecule has 22 heavy (non-hydrogen) atoms. The minimum absolute atomic E-state index is 0.0295. The molecular formula is C16H18N2O4. The van der Waals surface area contributed by atoms with Crippen molar-refractivity contribution in [2.45, 2.75) is 44.1 Å². The van der Waals surface area contributed by atoms with Gasteiger partial charge in [-0.05, 0) is 25.0 Å². The Morgan fingerprint density at radius 3 is 2.73 bits per heavy atom. The van der Waals surface area contributed by atoms with E-state index in [0.29, 0.717) is 24.1 Å². The molecule has 116 valence electrons. The molecule has 3 rings (SSSR count). The summed E-state index contributed by atoms with van der Waals surface area (Å²) in [6, 6.07) is 7.37. The summed E-state index contributed by atoms with van der Waals surface area (Å²) < 4.78 is 5.19. The number of hydrogen-bond acceptors (Lipinski definition) is 4. The van der Waals surface area contributed by atoms with E-state index in [0.717, 1.165) is 18.2 Å². The lowest BCUT2D eigenvalue weighted by molar-refractivity contribution is -0.139. The highest BCUT2D eigenvalue weighted by molar-refractivity contribution is 5.86. The second kappa shape index (κ2) is 5.79. The molecule has 0 aliphatic heterocycles. The summed E-state index contributed by atoms with van der Waals surface area (Å²) in [5.41, 5.74) is 0.616. The molecule has 0 saturated heterocycles. The quantitative estimate of drug-likeness (QED) is 0.884. The van der Waals surface area contributed by atoms with Gasteiger partial charge in [-0.1, -0.05) is 30.1 Å². The molecule has 0 unspecified atom stereocenters. The van der Waals surface area contributed by atoms with E-state index in [1.54, 1.807) is 6.07 Å². The summed E-state index contributed by atoms with van der Waals surface area (Å²) in [7, 11) is 0. The third-order valence-corrected chi connectivity index (χ3v) is 4.24. The molecule has 1 aromatic carbocycles. The van der Waals surface area contributed by atoms with Crippen LogP contribution >= 0.6 is 0 Å². The SMILES string of the molecule is O=C(O)CC1(NC(=O)Cc2noc3ccccc23)CCCC1. The Morgan fingerprint density at radius 1 is 1.27 bits per heavy atom. The molecule has 1 amide bonds. The lowest BCUT2D eigenvalue weighted by Crippen LogP contribution is -2.48. The van der Waals surface area contributed by atoms with Gasteiger partial charge >= 0.3 is 5.97 Å². The second-order valence-electron chi connectivity index (χ2n) is 5.91. The number of amides is 1. The van der Waals surface area contributed by atoms with Gasteiger partial charge in [-0.15, -0.1) is 0 Å². The van der Waals surface area contributed by atoms with Crippen LogP contribution in [0.25, 0.3) is 11.0 Å². The number of carboxylic acid groups (broad SMARTS) is 1. The first-order valence-electron chi connectivity index (χ1n) is 7.44. The van der Waals surface area contributed by atoms with Crippen LogP contribution in [-0.2, 0) is 16.0 Å². The smallest absolute Gasteiger partial charge is 0.305 e. The number of benzene rings is 1. The van der Waals surface area contributed by atoms with Crippen molar-refractivity contribution in [3.63, 3.8) is 0 Å². The van der Waals surface area contributed by atoms with Crippen LogP contribution in [0.1, 0.15) is 37.8 Å². The number of carboxylic acids is 1. The van der Waals surface area contributed by atoms with Crippen molar-refractivity contribution in [2.75, 3.05) is 0 Å². The fourth-order valence-corrected chi connectivity index (χ4v) is 3.24. The van der Waals surface area contributed by atoms with Crippen LogP contribution in [-0.4, -0.2) is 27.7 Å². The third-order valence-electron chi connectivity index (χ3n) is 4.24. The van der Waals surface area contributed by atoms with Gasteiger partial charge in [0.25, 0.3) is 0 Å². The maximum Gasteiger partial charge on any atom is 0.305 e. The van der Waals surface area contributed by atoms with E-state index in [1.165, 1.54) is 0 Å². The van der Waals surface area contributed by atoms with Crippen molar-refractivity contribution in [1.82, 2.24) is 10.5 Å². The van der Waals surface area contributed by atoms with Crippen LogP contribution in [0, 0.1) is 0 Å². The van der Waals surface area contributed by atoms with Crippen molar-refractivity contribution in [2.24, 2.45) is 0 Å². The highest BCUT2D eigenvalue weighted by Gasteiger charge is 2.37. The van der Waals surface area contributed by atoms with Crippen LogP contribution < -0.4 is 5.32 Å². The Bertz CT molecular complexity index is 701. The van der Waals surface area contributed by atoms with Crippen molar-refractivity contribution < 1.29 is 19.2 Å². The van der Waals surface area contributed by atoms with Gasteiger partial charge < -0.3 is 14.9 Å². The Morgan fingerprint density at radius 2 is 2.00 bits per heavy atom. The van der Waals surface area contributed by atoms with Crippen molar-refractivity contribution in [3.05, 3.63) is 30.0 Å². The predicted molar refractivity (Wildman–Crippen MR) is 79.3 cm³/mol. The number of para-hydroxylation sites is 1. The first kappa shape index (κ1) is 14.6. The van der Waals surface area contributed by atoms with Gasteiger partial charge in [0, 0.05) is 5.39 Å². The molecule has 1 aliphatic rings. The standard InChI is InChI=1S/C16H18N2O4/c19-14(17-16(10-15(20)21)7-3-4-8-16)9-12-11-5-1-2-6-13(11)22-18-12/h1-2,5-6H,3-4,7-10H2,(H,17,19)(H,20,21). The fourth-order valence-electron chi connectivity index (χ4n) is 3.24. The minimum atomic E-state index is -0.880. The van der Waals surface area contributed by atoms with Crippen molar-refractivity contribution >= 4 is 22.8 Å². The molecule has 0 radical (unpaired) electrons. The highest BCUT2D eigenvalue weighted by atomic mass is 16.5. The maximum absolute atomic E-state index is 12.3. The Balaban J connectivity index is 1.72. The first-order valence-corrected chi connectivity index (χ1v) is 7.44. The molecule has 0 spiro atoms. The maximum atomic E-state index is 12.3. The number of nitrogens with zero attached hydrogens (tertiary/aromatic N) is 1. The average Bonchev–Trinajstić information content (AvgIpc) is 3.06. The topological polar surface area (TPSA) is 92.4 Å². The van der Waals surface area contributed by atoms with Crippen LogP contribution in [0.15, 0.2) is 28.8 Å². The molecule has 6 heteroatoms. The molecule has 0 atom stereocenters. The number of rotatable bonds is 5. The average molecular weight is 302 g/mol. The Hall–Kier alpha value is -2.37. The molecule has 2 aromatic rings. The van der Waals surface area contributed by atoms with Gasteiger partial charge in [0.1, 0.15) is 5.69 Å². The summed E-state index contributed by atoms with van der Waals surface area (Å²) in [5, 5.41) is 16.8. The van der Waals surface area contributed by atoms with E-state index in [1.807, 2.05) is 18.2 Å². The minimum Gasteiger partial charge on any atom is -0.481 e. The van der Waals surface area contributed by atoms with E-state index >= 15 is 0 Å². The largest absolute Gasteiger partial charge is 0.481 e. The molecule has 6 nitrogen and oxygen atoms in total. The predicted octanol–water partition coefficient (Wildman–Crippen LogP) is 2.27. The number of carbonyl (C=O) groups excluding carboxylic acids is 1. The lowest BCUT2D eigenvalue weighted by Gasteiger charge is -2.28. The molecule has 1 aromatic heterocycles. The molecule has 1 saturated carbocycles. The zero-order valence-corrected chi connectivity index (χ0v) is 12.2. The summed E-state index contributed by atoms with van der Waals surface area (Å²) in [6.45, 7) is 0. The molecule has 1 fully saturated rings. The van der Waals surface area contributed by atoms with E-state index in [2.05, 4.69) is 10.5 Å². The zero-order valence-electron chi connectivity index (χ0n) is 12.2. The van der Waals surface area contributed by atoms with E-state index < -0.39 is 11.5 Å². The first-order chi connectivity index (χ1) is 10.6. The lowest BCUT2D eigenvalue weighted by atomic mass is 9.93. The van der Waals surface area contributed by atoms with Crippen LogP contribution in [0.3, 0.4) is 0 Å². The molecular weight excluding hydrogens is 284 g/mol. The third kappa shape index (κ3) is 2.95. The zero-order chi connectivity index (χ0) is 15.6. The number of fused-ring (bicyclic) bond motifs is 1. The molecule has 0 bridgehead atoms. The van der Waals surface area contributed by atoms with Gasteiger partial charge in [-0.2, -0.15) is 0 Å². The van der Waals surface area contributed by atoms with Crippen LogP contribution in [0.2, 0.25) is 0 Å². The van der Waals surface area contributed by atoms with Gasteiger partial charge in [0.2, 0.25) is 5.91 Å². The number of carbonyl (C=O) groups is 2. The fraction of sp³-hybridized carbons (Fsp3) is 0.438. The molecule has 2 N–H and O–H groups in total. The van der Waals surface area contributed by atoms with Gasteiger partial charge in [-0.25, -0.2) is 0 Å². The van der Waals surface area contributed by atoms with Gasteiger partial charge in [0.15, 0.2) is 5.58 Å². The number of aromatic nitrogens is 1.